The number of benzene rings is 1. The van der Waals surface area contributed by atoms with Crippen molar-refractivity contribution in [2.45, 2.75) is 51.2 Å². The molecule has 0 saturated carbocycles. The van der Waals surface area contributed by atoms with Crippen LogP contribution >= 0.6 is 23.2 Å². The molecule has 1 heterocycles. The first-order valence-corrected chi connectivity index (χ1v) is 8.26. The van der Waals surface area contributed by atoms with Crippen LogP contribution in [-0.4, -0.2) is 19.3 Å². The van der Waals surface area contributed by atoms with Crippen LogP contribution in [0.3, 0.4) is 0 Å². The SMILES string of the molecule is CCNC(CCCC1CCCO1)c1ccc(Cl)cc1Cl. The highest BCUT2D eigenvalue weighted by molar-refractivity contribution is 6.35. The zero-order valence-electron chi connectivity index (χ0n) is 12.0. The lowest BCUT2D eigenvalue weighted by Crippen LogP contribution is -2.21. The standard InChI is InChI=1S/C16H23Cl2NO/c1-2-19-16(7-3-5-13-6-4-10-20-13)14-9-8-12(17)11-15(14)18/h8-9,11,13,16,19H,2-7,10H2,1H3. The second-order valence-corrected chi connectivity index (χ2v) is 6.19. The highest BCUT2D eigenvalue weighted by atomic mass is 35.5. The first-order valence-electron chi connectivity index (χ1n) is 7.50. The highest BCUT2D eigenvalue weighted by Gasteiger charge is 2.18. The number of nitrogens with one attached hydrogen (secondary N) is 1. The summed E-state index contributed by atoms with van der Waals surface area (Å²) in [6, 6.07) is 6.06. The van der Waals surface area contributed by atoms with Crippen LogP contribution < -0.4 is 5.32 Å². The Bertz CT molecular complexity index is 419. The normalized spacial score (nSPS) is 20.2. The molecule has 1 aromatic carbocycles. The lowest BCUT2D eigenvalue weighted by Gasteiger charge is -2.20. The van der Waals surface area contributed by atoms with E-state index in [1.54, 1.807) is 0 Å². The third-order valence-corrected chi connectivity index (χ3v) is 4.39. The summed E-state index contributed by atoms with van der Waals surface area (Å²) >= 11 is 12.3. The minimum atomic E-state index is 0.297. The fourth-order valence-corrected chi connectivity index (χ4v) is 3.36. The van der Waals surface area contributed by atoms with E-state index in [-0.39, 0.29) is 0 Å². The van der Waals surface area contributed by atoms with Gasteiger partial charge in [0.05, 0.1) is 6.10 Å². The van der Waals surface area contributed by atoms with Crippen molar-refractivity contribution in [2.24, 2.45) is 0 Å². The van der Waals surface area contributed by atoms with Gasteiger partial charge in [0.1, 0.15) is 0 Å². The molecule has 0 bridgehead atoms. The molecule has 0 amide bonds. The maximum atomic E-state index is 6.32. The fourth-order valence-electron chi connectivity index (χ4n) is 2.82. The van der Waals surface area contributed by atoms with E-state index in [0.717, 1.165) is 43.0 Å². The Morgan fingerprint density at radius 1 is 1.40 bits per heavy atom. The van der Waals surface area contributed by atoms with Crippen LogP contribution in [0.25, 0.3) is 0 Å². The number of hydrogen-bond acceptors (Lipinski definition) is 2. The van der Waals surface area contributed by atoms with E-state index >= 15 is 0 Å². The molecule has 1 saturated heterocycles. The van der Waals surface area contributed by atoms with E-state index < -0.39 is 0 Å². The van der Waals surface area contributed by atoms with Crippen LogP contribution in [-0.2, 0) is 4.74 Å². The molecule has 0 spiro atoms. The van der Waals surface area contributed by atoms with Gasteiger partial charge in [0.25, 0.3) is 0 Å². The highest BCUT2D eigenvalue weighted by Crippen LogP contribution is 2.30. The van der Waals surface area contributed by atoms with Gasteiger partial charge >= 0.3 is 0 Å². The third-order valence-electron chi connectivity index (χ3n) is 3.83. The lowest BCUT2D eigenvalue weighted by atomic mass is 9.99. The molecular formula is C16H23Cl2NO. The minimum Gasteiger partial charge on any atom is -0.378 e. The predicted octanol–water partition coefficient (Wildman–Crippen LogP) is 4.99. The van der Waals surface area contributed by atoms with Gasteiger partial charge in [-0.25, -0.2) is 0 Å². The van der Waals surface area contributed by atoms with E-state index in [1.807, 2.05) is 18.2 Å². The van der Waals surface area contributed by atoms with Gasteiger partial charge in [-0.1, -0.05) is 36.2 Å². The molecule has 2 atom stereocenters. The van der Waals surface area contributed by atoms with Crippen LogP contribution in [0.5, 0.6) is 0 Å². The van der Waals surface area contributed by atoms with Crippen LogP contribution in [0.2, 0.25) is 10.0 Å². The zero-order chi connectivity index (χ0) is 14.4. The van der Waals surface area contributed by atoms with Gasteiger partial charge in [-0.3, -0.25) is 0 Å². The van der Waals surface area contributed by atoms with E-state index in [4.69, 9.17) is 27.9 Å². The third kappa shape index (κ3) is 4.63. The van der Waals surface area contributed by atoms with Crippen LogP contribution in [0.4, 0.5) is 0 Å². The molecule has 2 nitrogen and oxygen atoms in total. The molecule has 20 heavy (non-hydrogen) atoms. The summed E-state index contributed by atoms with van der Waals surface area (Å²) in [6.45, 7) is 3.99. The predicted molar refractivity (Wildman–Crippen MR) is 85.7 cm³/mol. The molecule has 1 fully saturated rings. The maximum Gasteiger partial charge on any atom is 0.0576 e. The van der Waals surface area contributed by atoms with Gasteiger partial charge in [0.2, 0.25) is 0 Å². The Hall–Kier alpha value is -0.280. The van der Waals surface area contributed by atoms with Crippen LogP contribution in [0.15, 0.2) is 18.2 Å². The zero-order valence-corrected chi connectivity index (χ0v) is 13.5. The summed E-state index contributed by atoms with van der Waals surface area (Å²) in [4.78, 5) is 0. The lowest BCUT2D eigenvalue weighted by molar-refractivity contribution is 0.101. The van der Waals surface area contributed by atoms with E-state index in [2.05, 4.69) is 12.2 Å². The summed E-state index contributed by atoms with van der Waals surface area (Å²) in [7, 11) is 0. The molecule has 4 heteroatoms. The Kier molecular flexibility index (Phi) is 6.63. The van der Waals surface area contributed by atoms with Gasteiger partial charge in [-0.15, -0.1) is 0 Å². The van der Waals surface area contributed by atoms with Crippen molar-refractivity contribution in [1.29, 1.82) is 0 Å². The van der Waals surface area contributed by atoms with Gasteiger partial charge in [-0.05, 0) is 56.3 Å². The van der Waals surface area contributed by atoms with E-state index in [0.29, 0.717) is 17.2 Å². The van der Waals surface area contributed by atoms with Crippen molar-refractivity contribution in [3.63, 3.8) is 0 Å². The first-order chi connectivity index (χ1) is 9.70. The minimum absolute atomic E-state index is 0.297. The Labute approximate surface area is 131 Å². The first kappa shape index (κ1) is 16.1. The molecule has 0 aliphatic carbocycles. The molecule has 2 rings (SSSR count). The topological polar surface area (TPSA) is 21.3 Å². The van der Waals surface area contributed by atoms with E-state index in [1.165, 1.54) is 12.8 Å². The second kappa shape index (κ2) is 8.23. The van der Waals surface area contributed by atoms with Crippen LogP contribution in [0.1, 0.15) is 50.6 Å². The summed E-state index contributed by atoms with van der Waals surface area (Å²) in [5.41, 5.74) is 1.14. The van der Waals surface area contributed by atoms with Crippen molar-refractivity contribution in [3.8, 4) is 0 Å². The Morgan fingerprint density at radius 3 is 2.90 bits per heavy atom. The average Bonchev–Trinajstić information content (AvgIpc) is 2.91. The van der Waals surface area contributed by atoms with Crippen molar-refractivity contribution in [1.82, 2.24) is 5.32 Å². The van der Waals surface area contributed by atoms with E-state index in [9.17, 15) is 0 Å². The van der Waals surface area contributed by atoms with Gasteiger partial charge in [-0.2, -0.15) is 0 Å². The number of ether oxygens (including phenoxy) is 1. The monoisotopic (exact) mass is 315 g/mol. The van der Waals surface area contributed by atoms with Crippen LogP contribution in [0, 0.1) is 0 Å². The molecule has 0 aromatic heterocycles. The summed E-state index contributed by atoms with van der Waals surface area (Å²) in [6.07, 6.45) is 6.28. The van der Waals surface area contributed by atoms with Crippen molar-refractivity contribution in [3.05, 3.63) is 33.8 Å². The smallest absolute Gasteiger partial charge is 0.0576 e. The fraction of sp³-hybridized carbons (Fsp3) is 0.625. The summed E-state index contributed by atoms with van der Waals surface area (Å²) < 4.78 is 5.68. The number of halogens is 2. The molecule has 1 aliphatic rings. The number of hydrogen-bond donors (Lipinski definition) is 1. The molecule has 1 N–H and O–H groups in total. The second-order valence-electron chi connectivity index (χ2n) is 5.34. The average molecular weight is 316 g/mol. The van der Waals surface area contributed by atoms with Gasteiger partial charge in [0.15, 0.2) is 0 Å². The summed E-state index contributed by atoms with van der Waals surface area (Å²) in [5.74, 6) is 0. The Balaban J connectivity index is 1.91. The number of rotatable bonds is 7. The molecule has 112 valence electrons. The summed E-state index contributed by atoms with van der Waals surface area (Å²) in [5, 5.41) is 4.96. The van der Waals surface area contributed by atoms with Crippen molar-refractivity contribution >= 4 is 23.2 Å². The quantitative estimate of drug-likeness (QED) is 0.765. The van der Waals surface area contributed by atoms with Gasteiger partial charge in [0, 0.05) is 22.7 Å². The molecule has 1 aromatic rings. The Morgan fingerprint density at radius 2 is 2.25 bits per heavy atom. The molecule has 2 unspecified atom stereocenters. The maximum absolute atomic E-state index is 6.32. The molecular weight excluding hydrogens is 293 g/mol. The van der Waals surface area contributed by atoms with Gasteiger partial charge < -0.3 is 10.1 Å². The largest absolute Gasteiger partial charge is 0.378 e. The van der Waals surface area contributed by atoms with Crippen molar-refractivity contribution < 1.29 is 4.74 Å². The molecule has 0 radical (unpaired) electrons. The molecule has 1 aliphatic heterocycles. The van der Waals surface area contributed by atoms with Crippen molar-refractivity contribution in [2.75, 3.05) is 13.2 Å².